The first-order chi connectivity index (χ1) is 8.99. The normalized spacial score (nSPS) is 10.8. The largest absolute Gasteiger partial charge is 0.573 e. The minimum atomic E-state index is -4.73. The van der Waals surface area contributed by atoms with Gasteiger partial charge in [0.25, 0.3) is 0 Å². The predicted molar refractivity (Wildman–Crippen MR) is 64.3 cm³/mol. The van der Waals surface area contributed by atoms with Gasteiger partial charge in [0.05, 0.1) is 0 Å². The second kappa shape index (κ2) is 5.02. The van der Waals surface area contributed by atoms with Crippen molar-refractivity contribution in [2.45, 2.75) is 6.36 Å². The Morgan fingerprint density at radius 1 is 1.11 bits per heavy atom. The van der Waals surface area contributed by atoms with Crippen LogP contribution < -0.4 is 4.74 Å². The second-order valence-corrected chi connectivity index (χ2v) is 3.62. The topological polar surface area (TPSA) is 22.1 Å². The Kier molecular flexibility index (Phi) is 3.43. The number of terminal acetylenes is 1. The van der Waals surface area contributed by atoms with Crippen molar-refractivity contribution in [3.05, 3.63) is 48.3 Å². The third kappa shape index (κ3) is 3.26. The molecule has 96 valence electrons. The lowest BCUT2D eigenvalue weighted by Crippen LogP contribution is -2.17. The van der Waals surface area contributed by atoms with E-state index < -0.39 is 6.36 Å². The molecule has 2 nitrogen and oxygen atoms in total. The van der Waals surface area contributed by atoms with Crippen LogP contribution in [0.1, 0.15) is 5.69 Å². The average molecular weight is 263 g/mol. The molecule has 0 saturated heterocycles. The van der Waals surface area contributed by atoms with Crippen LogP contribution in [0.25, 0.3) is 11.1 Å². The molecular weight excluding hydrogens is 255 g/mol. The van der Waals surface area contributed by atoms with E-state index in [2.05, 4.69) is 15.6 Å². The van der Waals surface area contributed by atoms with Gasteiger partial charge >= 0.3 is 6.36 Å². The van der Waals surface area contributed by atoms with Gasteiger partial charge in [-0.2, -0.15) is 0 Å². The summed E-state index contributed by atoms with van der Waals surface area (Å²) in [6.07, 6.45) is 1.84. The van der Waals surface area contributed by atoms with Gasteiger partial charge in [-0.3, -0.25) is 0 Å². The molecule has 0 aliphatic carbocycles. The number of para-hydroxylation sites is 1. The fourth-order valence-electron chi connectivity index (χ4n) is 1.56. The van der Waals surface area contributed by atoms with E-state index in [-0.39, 0.29) is 5.75 Å². The lowest BCUT2D eigenvalue weighted by atomic mass is 10.1. The van der Waals surface area contributed by atoms with E-state index in [9.17, 15) is 13.2 Å². The van der Waals surface area contributed by atoms with Crippen LogP contribution in [-0.2, 0) is 0 Å². The number of aromatic nitrogens is 1. The standard InChI is InChI=1S/C14H8F3NO/c1-2-11-8-7-10(9-18-11)12-5-3-4-6-13(12)19-14(15,16)17/h1,3-9H. The number of alkyl halides is 3. The van der Waals surface area contributed by atoms with Gasteiger partial charge in [0.2, 0.25) is 0 Å². The fourth-order valence-corrected chi connectivity index (χ4v) is 1.56. The van der Waals surface area contributed by atoms with Gasteiger partial charge in [0.1, 0.15) is 11.4 Å². The van der Waals surface area contributed by atoms with E-state index in [0.29, 0.717) is 16.8 Å². The van der Waals surface area contributed by atoms with Crippen molar-refractivity contribution < 1.29 is 17.9 Å². The number of hydrogen-bond acceptors (Lipinski definition) is 2. The summed E-state index contributed by atoms with van der Waals surface area (Å²) in [4.78, 5) is 3.94. The highest BCUT2D eigenvalue weighted by Crippen LogP contribution is 2.33. The first kappa shape index (κ1) is 13.0. The molecule has 0 atom stereocenters. The molecule has 5 heteroatoms. The first-order valence-corrected chi connectivity index (χ1v) is 5.27. The van der Waals surface area contributed by atoms with Crippen LogP contribution in [-0.4, -0.2) is 11.3 Å². The number of rotatable bonds is 2. The molecular formula is C14H8F3NO. The molecule has 19 heavy (non-hydrogen) atoms. The van der Waals surface area contributed by atoms with Gasteiger partial charge in [-0.15, -0.1) is 19.6 Å². The number of benzene rings is 1. The van der Waals surface area contributed by atoms with Crippen LogP contribution in [0.2, 0.25) is 0 Å². The Morgan fingerprint density at radius 3 is 2.42 bits per heavy atom. The first-order valence-electron chi connectivity index (χ1n) is 5.27. The average Bonchev–Trinajstić information content (AvgIpc) is 2.38. The minimum Gasteiger partial charge on any atom is -0.405 e. The molecule has 0 radical (unpaired) electrons. The molecule has 0 N–H and O–H groups in total. The zero-order chi connectivity index (χ0) is 13.9. The van der Waals surface area contributed by atoms with Crippen LogP contribution in [0.4, 0.5) is 13.2 Å². The summed E-state index contributed by atoms with van der Waals surface area (Å²) < 4.78 is 40.8. The lowest BCUT2D eigenvalue weighted by molar-refractivity contribution is -0.274. The van der Waals surface area contributed by atoms with Crippen molar-refractivity contribution in [1.82, 2.24) is 4.98 Å². The van der Waals surface area contributed by atoms with Crippen molar-refractivity contribution in [2.24, 2.45) is 0 Å². The molecule has 0 fully saturated rings. The van der Waals surface area contributed by atoms with E-state index in [0.717, 1.165) is 0 Å². The summed E-state index contributed by atoms with van der Waals surface area (Å²) in [6.45, 7) is 0. The molecule has 1 heterocycles. The van der Waals surface area contributed by atoms with Gasteiger partial charge in [0, 0.05) is 17.3 Å². The molecule has 1 aromatic heterocycles. The van der Waals surface area contributed by atoms with E-state index in [1.165, 1.54) is 24.4 Å². The van der Waals surface area contributed by atoms with E-state index >= 15 is 0 Å². The SMILES string of the molecule is C#Cc1ccc(-c2ccccc2OC(F)(F)F)cn1. The maximum atomic E-state index is 12.3. The molecule has 0 unspecified atom stereocenters. The molecule has 0 saturated carbocycles. The molecule has 0 aliphatic heterocycles. The van der Waals surface area contributed by atoms with Crippen LogP contribution >= 0.6 is 0 Å². The fraction of sp³-hybridized carbons (Fsp3) is 0.0714. The third-order valence-electron chi connectivity index (χ3n) is 2.34. The number of nitrogens with zero attached hydrogens (tertiary/aromatic N) is 1. The minimum absolute atomic E-state index is 0.273. The van der Waals surface area contributed by atoms with Crippen LogP contribution in [0.15, 0.2) is 42.6 Å². The maximum Gasteiger partial charge on any atom is 0.573 e. The highest BCUT2D eigenvalue weighted by atomic mass is 19.4. The van der Waals surface area contributed by atoms with Gasteiger partial charge in [-0.05, 0) is 18.2 Å². The van der Waals surface area contributed by atoms with E-state index in [4.69, 9.17) is 6.42 Å². The highest BCUT2D eigenvalue weighted by Gasteiger charge is 2.32. The summed E-state index contributed by atoms with van der Waals surface area (Å²) >= 11 is 0. The summed E-state index contributed by atoms with van der Waals surface area (Å²) in [7, 11) is 0. The number of ether oxygens (including phenoxy) is 1. The van der Waals surface area contributed by atoms with Gasteiger partial charge in [-0.1, -0.05) is 24.1 Å². The maximum absolute atomic E-state index is 12.3. The smallest absolute Gasteiger partial charge is 0.405 e. The van der Waals surface area contributed by atoms with Crippen molar-refractivity contribution >= 4 is 0 Å². The number of hydrogen-bond donors (Lipinski definition) is 0. The van der Waals surface area contributed by atoms with Crippen LogP contribution in [0, 0.1) is 12.3 Å². The molecule has 0 bridgehead atoms. The van der Waals surface area contributed by atoms with Crippen molar-refractivity contribution in [1.29, 1.82) is 0 Å². The molecule has 0 aliphatic rings. The highest BCUT2D eigenvalue weighted by molar-refractivity contribution is 5.69. The van der Waals surface area contributed by atoms with Crippen molar-refractivity contribution in [3.63, 3.8) is 0 Å². The summed E-state index contributed by atoms with van der Waals surface area (Å²) in [5.41, 5.74) is 1.22. The Bertz CT molecular complexity index is 612. The Morgan fingerprint density at radius 2 is 1.84 bits per heavy atom. The van der Waals surface area contributed by atoms with Gasteiger partial charge < -0.3 is 4.74 Å². The Balaban J connectivity index is 2.41. The Hall–Kier alpha value is -2.48. The molecule has 2 rings (SSSR count). The number of halogens is 3. The summed E-state index contributed by atoms with van der Waals surface area (Å²) in [5, 5.41) is 0. The molecule has 0 amide bonds. The summed E-state index contributed by atoms with van der Waals surface area (Å²) in [5.74, 6) is 2.06. The van der Waals surface area contributed by atoms with E-state index in [1.807, 2.05) is 0 Å². The molecule has 2 aromatic rings. The lowest BCUT2D eigenvalue weighted by Gasteiger charge is -2.13. The second-order valence-electron chi connectivity index (χ2n) is 3.62. The van der Waals surface area contributed by atoms with Crippen molar-refractivity contribution in [2.75, 3.05) is 0 Å². The zero-order valence-corrected chi connectivity index (χ0v) is 9.61. The third-order valence-corrected chi connectivity index (χ3v) is 2.34. The van der Waals surface area contributed by atoms with Crippen LogP contribution in [0.3, 0.4) is 0 Å². The Labute approximate surface area is 107 Å². The monoisotopic (exact) mass is 263 g/mol. The predicted octanol–water partition coefficient (Wildman–Crippen LogP) is 3.63. The van der Waals surface area contributed by atoms with Gasteiger partial charge in [-0.25, -0.2) is 4.98 Å². The quantitative estimate of drug-likeness (QED) is 0.772. The van der Waals surface area contributed by atoms with Gasteiger partial charge in [0.15, 0.2) is 0 Å². The molecule has 0 spiro atoms. The summed E-state index contributed by atoms with van der Waals surface area (Å²) in [6, 6.07) is 9.01. The van der Waals surface area contributed by atoms with Crippen LogP contribution in [0.5, 0.6) is 5.75 Å². The van der Waals surface area contributed by atoms with E-state index in [1.54, 1.807) is 18.2 Å². The number of pyridine rings is 1. The zero-order valence-electron chi connectivity index (χ0n) is 9.61. The van der Waals surface area contributed by atoms with Crippen molar-refractivity contribution in [3.8, 4) is 29.2 Å². The molecule has 1 aromatic carbocycles.